The Morgan fingerprint density at radius 3 is 1.85 bits per heavy atom. The first kappa shape index (κ1) is 23.2. The van der Waals surface area contributed by atoms with E-state index in [2.05, 4.69) is 71.7 Å². The molecule has 0 aliphatic heterocycles. The summed E-state index contributed by atoms with van der Waals surface area (Å²) in [5.74, 6) is 1.82. The lowest BCUT2D eigenvalue weighted by molar-refractivity contribution is 0.668. The van der Waals surface area contributed by atoms with Crippen molar-refractivity contribution in [1.82, 2.24) is 19.9 Å². The van der Waals surface area contributed by atoms with E-state index in [1.54, 1.807) is 6.20 Å². The Hall–Kier alpha value is -5.68. The quantitative estimate of drug-likeness (QED) is 0.229. The first-order valence-electron chi connectivity index (χ1n) is 13.5. The summed E-state index contributed by atoms with van der Waals surface area (Å²) in [5, 5.41) is 3.42. The number of furan rings is 1. The number of fused-ring (bicyclic) bond motifs is 4. The minimum Gasteiger partial charge on any atom is -0.454 e. The zero-order valence-electron chi connectivity index (χ0n) is 21.9. The molecule has 0 N–H and O–H groups in total. The molecule has 0 radical (unpaired) electrons. The van der Waals surface area contributed by atoms with Gasteiger partial charge in [0.05, 0.1) is 0 Å². The summed E-state index contributed by atoms with van der Waals surface area (Å²) in [6.45, 7) is 0. The smallest absolute Gasteiger partial charge is 0.164 e. The molecule has 0 saturated carbocycles. The third-order valence-electron chi connectivity index (χ3n) is 7.38. The van der Waals surface area contributed by atoms with Gasteiger partial charge in [0, 0.05) is 28.3 Å². The number of rotatable bonds is 4. The summed E-state index contributed by atoms with van der Waals surface area (Å²) < 4.78 is 6.09. The summed E-state index contributed by atoms with van der Waals surface area (Å²) in [4.78, 5) is 19.2. The summed E-state index contributed by atoms with van der Waals surface area (Å²) in [5.41, 5.74) is 7.37. The fourth-order valence-corrected chi connectivity index (χ4v) is 5.27. The van der Waals surface area contributed by atoms with E-state index in [1.165, 1.54) is 16.3 Å². The molecule has 192 valence electrons. The fourth-order valence-electron chi connectivity index (χ4n) is 5.27. The maximum atomic E-state index is 6.09. The highest BCUT2D eigenvalue weighted by molar-refractivity contribution is 6.03. The van der Waals surface area contributed by atoms with Crippen LogP contribution in [0.2, 0.25) is 0 Å². The Kier molecular flexibility index (Phi) is 5.38. The lowest BCUT2D eigenvalue weighted by Crippen LogP contribution is -2.00. The van der Waals surface area contributed by atoms with Crippen molar-refractivity contribution < 1.29 is 4.42 Å². The first-order valence-corrected chi connectivity index (χ1v) is 13.5. The average Bonchev–Trinajstić information content (AvgIpc) is 3.43. The molecule has 3 aromatic heterocycles. The molecule has 0 atom stereocenters. The number of benzene rings is 5. The van der Waals surface area contributed by atoms with Gasteiger partial charge in [-0.2, -0.15) is 0 Å². The summed E-state index contributed by atoms with van der Waals surface area (Å²) in [6.07, 6.45) is 1.78. The van der Waals surface area contributed by atoms with Crippen LogP contribution in [-0.4, -0.2) is 19.9 Å². The van der Waals surface area contributed by atoms with Crippen LogP contribution in [-0.2, 0) is 0 Å². The second kappa shape index (κ2) is 9.50. The maximum absolute atomic E-state index is 6.09. The molecule has 5 heteroatoms. The third-order valence-corrected chi connectivity index (χ3v) is 7.38. The van der Waals surface area contributed by atoms with Crippen molar-refractivity contribution in [2.75, 3.05) is 0 Å². The largest absolute Gasteiger partial charge is 0.454 e. The van der Waals surface area contributed by atoms with Crippen molar-refractivity contribution in [2.45, 2.75) is 0 Å². The molecule has 8 rings (SSSR count). The van der Waals surface area contributed by atoms with Crippen molar-refractivity contribution >= 4 is 32.8 Å². The fraction of sp³-hybridized carbons (Fsp3) is 0. The van der Waals surface area contributed by atoms with Gasteiger partial charge in [-0.1, -0.05) is 97.1 Å². The average molecular weight is 527 g/mol. The van der Waals surface area contributed by atoms with Crippen LogP contribution in [0.25, 0.3) is 78.1 Å². The van der Waals surface area contributed by atoms with Crippen LogP contribution in [0.4, 0.5) is 0 Å². The van der Waals surface area contributed by atoms with E-state index in [0.29, 0.717) is 17.5 Å². The zero-order chi connectivity index (χ0) is 27.2. The van der Waals surface area contributed by atoms with E-state index in [1.807, 2.05) is 60.7 Å². The minimum atomic E-state index is 0.586. The van der Waals surface area contributed by atoms with Gasteiger partial charge in [0.1, 0.15) is 11.1 Å². The Morgan fingerprint density at radius 2 is 1.05 bits per heavy atom. The first-order chi connectivity index (χ1) is 20.3. The van der Waals surface area contributed by atoms with Crippen LogP contribution < -0.4 is 0 Å². The second-order valence-electron chi connectivity index (χ2n) is 9.97. The Morgan fingerprint density at radius 1 is 0.415 bits per heavy atom. The Bertz CT molecular complexity index is 2200. The highest BCUT2D eigenvalue weighted by Gasteiger charge is 2.15. The molecular weight excluding hydrogens is 504 g/mol. The molecular formula is C36H22N4O. The van der Waals surface area contributed by atoms with Crippen LogP contribution in [0.5, 0.6) is 0 Å². The number of nitrogens with zero attached hydrogens (tertiary/aromatic N) is 4. The van der Waals surface area contributed by atoms with Crippen LogP contribution >= 0.6 is 0 Å². The lowest BCUT2D eigenvalue weighted by Gasteiger charge is -2.09. The molecule has 41 heavy (non-hydrogen) atoms. The third kappa shape index (κ3) is 4.21. The van der Waals surface area contributed by atoms with Crippen LogP contribution in [0.15, 0.2) is 138 Å². The zero-order valence-corrected chi connectivity index (χ0v) is 21.9. The molecule has 0 saturated heterocycles. The predicted octanol–water partition coefficient (Wildman–Crippen LogP) is 8.99. The monoisotopic (exact) mass is 526 g/mol. The van der Waals surface area contributed by atoms with Crippen molar-refractivity contribution in [2.24, 2.45) is 0 Å². The van der Waals surface area contributed by atoms with E-state index >= 15 is 0 Å². The standard InChI is InChI=1S/C36H22N4O/c1-2-8-25(9-3-1)34-38-35(26-15-12-24(13-16-26)28-17-14-23-7-4-5-10-27(23)21-28)40-36(39-34)29-18-19-30-32(22-29)41-31-11-6-20-37-33(30)31/h1-22H. The van der Waals surface area contributed by atoms with Gasteiger partial charge in [0.25, 0.3) is 0 Å². The molecule has 3 heterocycles. The SMILES string of the molecule is c1ccc(-c2nc(-c3ccc(-c4ccc5ccccc5c4)cc3)nc(-c3ccc4c(c3)oc3cccnc34)n2)cc1. The molecule has 0 bridgehead atoms. The molecule has 5 nitrogen and oxygen atoms in total. The second-order valence-corrected chi connectivity index (χ2v) is 9.97. The highest BCUT2D eigenvalue weighted by atomic mass is 16.3. The Balaban J connectivity index is 1.23. The van der Waals surface area contributed by atoms with E-state index in [-0.39, 0.29) is 0 Å². The molecule has 0 spiro atoms. The minimum absolute atomic E-state index is 0.586. The van der Waals surface area contributed by atoms with Gasteiger partial charge in [-0.25, -0.2) is 15.0 Å². The number of pyridine rings is 1. The predicted molar refractivity (Wildman–Crippen MR) is 164 cm³/mol. The molecule has 0 aliphatic carbocycles. The van der Waals surface area contributed by atoms with Gasteiger partial charge in [-0.05, 0) is 52.2 Å². The van der Waals surface area contributed by atoms with Crippen molar-refractivity contribution in [1.29, 1.82) is 0 Å². The summed E-state index contributed by atoms with van der Waals surface area (Å²) >= 11 is 0. The molecule has 8 aromatic rings. The van der Waals surface area contributed by atoms with Gasteiger partial charge in [0.15, 0.2) is 23.1 Å². The van der Waals surface area contributed by atoms with Crippen molar-refractivity contribution in [3.05, 3.63) is 134 Å². The summed E-state index contributed by atoms with van der Waals surface area (Å²) in [7, 11) is 0. The van der Waals surface area contributed by atoms with E-state index in [9.17, 15) is 0 Å². The number of hydrogen-bond donors (Lipinski definition) is 0. The molecule has 5 aromatic carbocycles. The normalized spacial score (nSPS) is 11.4. The van der Waals surface area contributed by atoms with Gasteiger partial charge in [-0.15, -0.1) is 0 Å². The van der Waals surface area contributed by atoms with E-state index in [0.717, 1.165) is 44.3 Å². The van der Waals surface area contributed by atoms with E-state index in [4.69, 9.17) is 19.4 Å². The van der Waals surface area contributed by atoms with Crippen LogP contribution in [0.3, 0.4) is 0 Å². The topological polar surface area (TPSA) is 64.7 Å². The summed E-state index contributed by atoms with van der Waals surface area (Å²) in [6, 6.07) is 43.2. The van der Waals surface area contributed by atoms with Crippen LogP contribution in [0.1, 0.15) is 0 Å². The Labute approximate surface area is 235 Å². The van der Waals surface area contributed by atoms with Crippen molar-refractivity contribution in [3.8, 4) is 45.3 Å². The maximum Gasteiger partial charge on any atom is 0.164 e. The van der Waals surface area contributed by atoms with Gasteiger partial charge in [-0.3, -0.25) is 4.98 Å². The number of aromatic nitrogens is 4. The van der Waals surface area contributed by atoms with Crippen molar-refractivity contribution in [3.63, 3.8) is 0 Å². The lowest BCUT2D eigenvalue weighted by atomic mass is 10.00. The van der Waals surface area contributed by atoms with Gasteiger partial charge < -0.3 is 4.42 Å². The molecule has 0 unspecified atom stereocenters. The van der Waals surface area contributed by atoms with Crippen LogP contribution in [0, 0.1) is 0 Å². The molecule has 0 aliphatic rings. The number of hydrogen-bond acceptors (Lipinski definition) is 5. The highest BCUT2D eigenvalue weighted by Crippen LogP contribution is 2.32. The molecule has 0 fully saturated rings. The molecule has 0 amide bonds. The van der Waals surface area contributed by atoms with E-state index < -0.39 is 0 Å². The van der Waals surface area contributed by atoms with Gasteiger partial charge >= 0.3 is 0 Å². The van der Waals surface area contributed by atoms with Gasteiger partial charge in [0.2, 0.25) is 0 Å².